The van der Waals surface area contributed by atoms with Crippen molar-refractivity contribution >= 4 is 74.9 Å². The topological polar surface area (TPSA) is 46.6 Å². The standard InChI is InChI=1S/C21H17Cl4NO3S/c1-3-12-20(13-8-10-14(29-2)11-9-13)21(24,25)19(28)26(20)15-6-4-5-7-16(15)30-18(27)17(22)23/h3-12,17H,1-2H3/b12-3+. The van der Waals surface area contributed by atoms with Crippen LogP contribution in [-0.2, 0) is 15.1 Å². The molecule has 0 saturated carbocycles. The number of hydrogen-bond donors (Lipinski definition) is 0. The Balaban J connectivity index is 2.18. The molecule has 0 radical (unpaired) electrons. The highest BCUT2D eigenvalue weighted by Gasteiger charge is 2.70. The first-order valence-electron chi connectivity index (χ1n) is 8.80. The molecular weight excluding hydrogens is 488 g/mol. The Morgan fingerprint density at radius 2 is 1.77 bits per heavy atom. The molecule has 4 nitrogen and oxygen atoms in total. The second-order valence-electron chi connectivity index (χ2n) is 6.40. The van der Waals surface area contributed by atoms with Crippen molar-refractivity contribution < 1.29 is 14.3 Å². The van der Waals surface area contributed by atoms with Gasteiger partial charge in [0.25, 0.3) is 5.91 Å². The first kappa shape index (κ1) is 23.3. The molecule has 1 heterocycles. The third kappa shape index (κ3) is 3.71. The lowest BCUT2D eigenvalue weighted by Crippen LogP contribution is -2.75. The summed E-state index contributed by atoms with van der Waals surface area (Å²) in [6.45, 7) is 1.81. The molecule has 30 heavy (non-hydrogen) atoms. The molecule has 1 fully saturated rings. The van der Waals surface area contributed by atoms with Crippen LogP contribution in [-0.4, -0.2) is 27.3 Å². The van der Waals surface area contributed by atoms with Gasteiger partial charge >= 0.3 is 0 Å². The zero-order valence-corrected chi connectivity index (χ0v) is 19.8. The summed E-state index contributed by atoms with van der Waals surface area (Å²) >= 11 is 25.5. The molecule has 1 saturated heterocycles. The van der Waals surface area contributed by atoms with Crippen molar-refractivity contribution in [3.8, 4) is 5.75 Å². The van der Waals surface area contributed by atoms with E-state index in [1.165, 1.54) is 4.90 Å². The Hall–Kier alpha value is -1.37. The van der Waals surface area contributed by atoms with Crippen LogP contribution in [0.4, 0.5) is 5.69 Å². The Kier molecular flexibility index (Phi) is 7.00. The SMILES string of the molecule is C/C=C/C1(c2ccc(OC)cc2)N(c2ccccc2SC(=O)C(Cl)Cl)C(=O)C1(Cl)Cl. The lowest BCUT2D eigenvalue weighted by Gasteiger charge is -2.58. The van der Waals surface area contributed by atoms with E-state index in [0.29, 0.717) is 21.9 Å². The highest BCUT2D eigenvalue weighted by molar-refractivity contribution is 8.14. The smallest absolute Gasteiger partial charge is 0.267 e. The Morgan fingerprint density at radius 3 is 2.33 bits per heavy atom. The monoisotopic (exact) mass is 503 g/mol. The van der Waals surface area contributed by atoms with Crippen molar-refractivity contribution in [3.05, 3.63) is 66.2 Å². The first-order valence-corrected chi connectivity index (χ1v) is 11.2. The number of thioether (sulfide) groups is 1. The quantitative estimate of drug-likeness (QED) is 0.206. The van der Waals surface area contributed by atoms with E-state index >= 15 is 0 Å². The van der Waals surface area contributed by atoms with Crippen molar-refractivity contribution in [2.24, 2.45) is 0 Å². The molecule has 0 aliphatic carbocycles. The van der Waals surface area contributed by atoms with Crippen molar-refractivity contribution in [2.45, 2.75) is 26.5 Å². The fraction of sp³-hybridized carbons (Fsp3) is 0.238. The highest BCUT2D eigenvalue weighted by Crippen LogP contribution is 2.59. The first-order chi connectivity index (χ1) is 14.2. The molecular formula is C21H17Cl4NO3S. The Bertz CT molecular complexity index is 994. The predicted molar refractivity (Wildman–Crippen MR) is 124 cm³/mol. The van der Waals surface area contributed by atoms with Gasteiger partial charge in [-0.15, -0.1) is 0 Å². The van der Waals surface area contributed by atoms with Gasteiger partial charge in [0, 0.05) is 4.90 Å². The fourth-order valence-electron chi connectivity index (χ4n) is 3.40. The summed E-state index contributed by atoms with van der Waals surface area (Å²) in [6.07, 6.45) is 3.54. The number of benzene rings is 2. The summed E-state index contributed by atoms with van der Waals surface area (Å²) in [5, 5.41) is -0.456. The Labute approximate surface area is 199 Å². The molecule has 2 aromatic rings. The second-order valence-corrected chi connectivity index (χ2v) is 9.87. The minimum Gasteiger partial charge on any atom is -0.497 e. The molecule has 158 valence electrons. The van der Waals surface area contributed by atoms with Crippen LogP contribution in [0.15, 0.2) is 65.6 Å². The van der Waals surface area contributed by atoms with Crippen molar-refractivity contribution in [1.82, 2.24) is 0 Å². The van der Waals surface area contributed by atoms with E-state index in [1.54, 1.807) is 67.8 Å². The average Bonchev–Trinajstić information content (AvgIpc) is 2.74. The summed E-state index contributed by atoms with van der Waals surface area (Å²) in [5.41, 5.74) is -0.0414. The summed E-state index contributed by atoms with van der Waals surface area (Å²) in [4.78, 5) is 26.0. The maximum atomic E-state index is 13.1. The minimum absolute atomic E-state index is 0.456. The number of hydrogen-bond acceptors (Lipinski definition) is 4. The molecule has 1 amide bonds. The van der Waals surface area contributed by atoms with Crippen LogP contribution in [0.5, 0.6) is 5.75 Å². The van der Waals surface area contributed by atoms with E-state index < -0.39 is 25.7 Å². The van der Waals surface area contributed by atoms with Gasteiger partial charge in [-0.25, -0.2) is 0 Å². The number of carbonyl (C=O) groups is 2. The highest BCUT2D eigenvalue weighted by atomic mass is 35.5. The maximum Gasteiger partial charge on any atom is 0.267 e. The zero-order chi connectivity index (χ0) is 22.1. The van der Waals surface area contributed by atoms with Gasteiger partial charge in [-0.1, -0.05) is 82.8 Å². The molecule has 1 aliphatic rings. The molecule has 0 aromatic heterocycles. The third-order valence-electron chi connectivity index (χ3n) is 4.74. The number of allylic oxidation sites excluding steroid dienone is 1. The normalized spacial score (nSPS) is 20.5. The van der Waals surface area contributed by atoms with E-state index in [9.17, 15) is 9.59 Å². The number of ether oxygens (including phenoxy) is 1. The molecule has 0 spiro atoms. The van der Waals surface area contributed by atoms with Gasteiger partial charge in [0.05, 0.1) is 12.8 Å². The predicted octanol–water partition coefficient (Wildman–Crippen LogP) is 6.11. The van der Waals surface area contributed by atoms with Gasteiger partial charge in [0.15, 0.2) is 4.84 Å². The molecule has 9 heteroatoms. The van der Waals surface area contributed by atoms with Crippen molar-refractivity contribution in [3.63, 3.8) is 0 Å². The summed E-state index contributed by atoms with van der Waals surface area (Å²) in [5.74, 6) is 0.145. The van der Waals surface area contributed by atoms with Gasteiger partial charge < -0.3 is 4.74 Å². The number of halogens is 4. The second kappa shape index (κ2) is 9.01. The van der Waals surface area contributed by atoms with Gasteiger partial charge in [-0.3, -0.25) is 14.5 Å². The number of carbonyl (C=O) groups excluding carboxylic acids is 2. The number of methoxy groups -OCH3 is 1. The number of rotatable bonds is 6. The largest absolute Gasteiger partial charge is 0.497 e. The maximum absolute atomic E-state index is 13.1. The van der Waals surface area contributed by atoms with Crippen LogP contribution >= 0.6 is 58.2 Å². The molecule has 3 rings (SSSR count). The number of amides is 1. The number of anilines is 1. The molecule has 0 N–H and O–H groups in total. The van der Waals surface area contributed by atoms with Crippen LogP contribution in [0, 0.1) is 0 Å². The van der Waals surface area contributed by atoms with E-state index in [1.807, 2.05) is 6.92 Å². The number of alkyl halides is 4. The lowest BCUT2D eigenvalue weighted by molar-refractivity contribution is -0.127. The van der Waals surface area contributed by atoms with Crippen molar-refractivity contribution in [2.75, 3.05) is 12.0 Å². The van der Waals surface area contributed by atoms with Crippen LogP contribution in [0.1, 0.15) is 12.5 Å². The lowest BCUT2D eigenvalue weighted by atomic mass is 9.75. The number of nitrogens with zero attached hydrogens (tertiary/aromatic N) is 1. The summed E-state index contributed by atoms with van der Waals surface area (Å²) in [6, 6.07) is 14.1. The minimum atomic E-state index is -1.75. The summed E-state index contributed by atoms with van der Waals surface area (Å²) < 4.78 is 3.48. The zero-order valence-electron chi connectivity index (χ0n) is 15.9. The Morgan fingerprint density at radius 1 is 1.13 bits per heavy atom. The van der Waals surface area contributed by atoms with Gasteiger partial charge in [-0.2, -0.15) is 0 Å². The third-order valence-corrected chi connectivity index (χ3v) is 7.29. The molecule has 1 atom stereocenters. The van der Waals surface area contributed by atoms with Crippen LogP contribution in [0.25, 0.3) is 0 Å². The van der Waals surface area contributed by atoms with Crippen LogP contribution in [0.2, 0.25) is 0 Å². The van der Waals surface area contributed by atoms with E-state index in [2.05, 4.69) is 0 Å². The van der Waals surface area contributed by atoms with Crippen LogP contribution in [0.3, 0.4) is 0 Å². The van der Waals surface area contributed by atoms with Crippen molar-refractivity contribution in [1.29, 1.82) is 0 Å². The number of β-lactam (4-membered cyclic amide) rings is 1. The molecule has 1 unspecified atom stereocenters. The van der Waals surface area contributed by atoms with Gasteiger partial charge in [0.1, 0.15) is 11.3 Å². The average molecular weight is 505 g/mol. The van der Waals surface area contributed by atoms with Gasteiger partial charge in [0.2, 0.25) is 9.45 Å². The molecule has 2 aromatic carbocycles. The van der Waals surface area contributed by atoms with E-state index in [0.717, 1.165) is 11.8 Å². The molecule has 1 aliphatic heterocycles. The fourth-order valence-corrected chi connectivity index (χ4v) is 5.07. The van der Waals surface area contributed by atoms with Gasteiger partial charge in [-0.05, 0) is 48.5 Å². The van der Waals surface area contributed by atoms with E-state index in [4.69, 9.17) is 51.1 Å². The van der Waals surface area contributed by atoms with E-state index in [-0.39, 0.29) is 0 Å². The van der Waals surface area contributed by atoms with Crippen LogP contribution < -0.4 is 9.64 Å². The summed E-state index contributed by atoms with van der Waals surface area (Å²) in [7, 11) is 1.56. The molecule has 0 bridgehead atoms. The number of para-hydroxylation sites is 1.